The van der Waals surface area contributed by atoms with Crippen LogP contribution in [0.25, 0.3) is 0 Å². The van der Waals surface area contributed by atoms with Crippen molar-refractivity contribution in [1.82, 2.24) is 10.2 Å². The maximum absolute atomic E-state index is 13.3. The highest BCUT2D eigenvalue weighted by molar-refractivity contribution is 6.05. The van der Waals surface area contributed by atoms with Gasteiger partial charge < -0.3 is 10.0 Å². The van der Waals surface area contributed by atoms with E-state index in [0.29, 0.717) is 24.8 Å². The molecule has 1 fully saturated rings. The van der Waals surface area contributed by atoms with Gasteiger partial charge in [-0.15, -0.1) is 0 Å². The van der Waals surface area contributed by atoms with Crippen LogP contribution in [0.1, 0.15) is 65.6 Å². The third-order valence-electron chi connectivity index (χ3n) is 5.17. The number of hydrogen-bond acceptors (Lipinski definition) is 4. The van der Waals surface area contributed by atoms with E-state index in [4.69, 9.17) is 5.11 Å². The summed E-state index contributed by atoms with van der Waals surface area (Å²) in [6.45, 7) is 0.0416. The van der Waals surface area contributed by atoms with Crippen LogP contribution in [0, 0.1) is 11.8 Å². The predicted octanol–water partition coefficient (Wildman–Crippen LogP) is 2.37. The van der Waals surface area contributed by atoms with E-state index in [1.165, 1.54) is 4.90 Å². The first-order valence-corrected chi connectivity index (χ1v) is 9.71. The summed E-state index contributed by atoms with van der Waals surface area (Å²) in [7, 11) is 0. The second-order valence-electron chi connectivity index (χ2n) is 7.28. The summed E-state index contributed by atoms with van der Waals surface area (Å²) in [6, 6.07) is 0.827. The van der Waals surface area contributed by atoms with E-state index in [0.717, 1.165) is 18.6 Å². The lowest BCUT2D eigenvalue weighted by molar-refractivity contribution is -0.138. The first-order valence-electron chi connectivity index (χ1n) is 9.71. The normalized spacial score (nSPS) is 18.7. The summed E-state index contributed by atoms with van der Waals surface area (Å²) in [4.78, 5) is 37.5. The Balaban J connectivity index is 1.90. The van der Waals surface area contributed by atoms with E-state index in [1.807, 2.05) is 0 Å². The Bertz CT molecular complexity index is 931. The van der Waals surface area contributed by atoms with Crippen molar-refractivity contribution in [2.24, 2.45) is 0 Å². The van der Waals surface area contributed by atoms with Crippen LogP contribution in [0.3, 0.4) is 0 Å². The first-order chi connectivity index (χ1) is 14.2. The lowest BCUT2D eigenvalue weighted by Gasteiger charge is -2.29. The van der Waals surface area contributed by atoms with E-state index in [2.05, 4.69) is 17.2 Å². The topological polar surface area (TPSA) is 86.7 Å². The molecule has 0 aromatic heterocycles. The zero-order chi connectivity index (χ0) is 21.9. The highest BCUT2D eigenvalue weighted by Gasteiger charge is 2.41. The van der Waals surface area contributed by atoms with Gasteiger partial charge in [-0.1, -0.05) is 18.3 Å². The molecule has 2 N–H and O–H groups in total. The largest absolute Gasteiger partial charge is 0.416 e. The molecule has 30 heavy (non-hydrogen) atoms. The molecule has 2 aliphatic heterocycles. The van der Waals surface area contributed by atoms with Crippen LogP contribution >= 0.6 is 0 Å². The zero-order valence-electron chi connectivity index (χ0n) is 16.1. The number of aliphatic hydroxyl groups is 1. The molecule has 160 valence electrons. The van der Waals surface area contributed by atoms with Gasteiger partial charge in [-0.2, -0.15) is 13.2 Å². The second kappa shape index (κ2) is 8.88. The average molecular weight is 422 g/mol. The number of piperidine rings is 1. The van der Waals surface area contributed by atoms with Crippen molar-refractivity contribution in [3.05, 3.63) is 34.4 Å². The van der Waals surface area contributed by atoms with Crippen LogP contribution in [0.15, 0.2) is 12.1 Å². The van der Waals surface area contributed by atoms with Crippen molar-refractivity contribution in [2.45, 2.75) is 57.3 Å². The Morgan fingerprint density at radius 3 is 2.60 bits per heavy atom. The number of fused-ring (bicyclic) bond motifs is 1. The van der Waals surface area contributed by atoms with Crippen molar-refractivity contribution in [3.63, 3.8) is 0 Å². The highest BCUT2D eigenvalue weighted by atomic mass is 19.4. The Morgan fingerprint density at radius 1 is 1.17 bits per heavy atom. The molecular formula is C21H21F3N2O4. The number of benzene rings is 1. The molecule has 0 saturated carbocycles. The Hall–Kier alpha value is -2.86. The average Bonchev–Trinajstić information content (AvgIpc) is 3.00. The fourth-order valence-corrected chi connectivity index (χ4v) is 3.60. The molecule has 0 bridgehead atoms. The van der Waals surface area contributed by atoms with Crippen LogP contribution in [0.5, 0.6) is 0 Å². The second-order valence-corrected chi connectivity index (χ2v) is 7.28. The summed E-state index contributed by atoms with van der Waals surface area (Å²) in [5, 5.41) is 10.9. The maximum Gasteiger partial charge on any atom is 0.416 e. The van der Waals surface area contributed by atoms with Crippen LogP contribution < -0.4 is 5.32 Å². The number of hydrogen-bond donors (Lipinski definition) is 2. The summed E-state index contributed by atoms with van der Waals surface area (Å²) >= 11 is 0. The quantitative estimate of drug-likeness (QED) is 0.433. The molecule has 0 radical (unpaired) electrons. The molecule has 1 atom stereocenters. The van der Waals surface area contributed by atoms with Crippen LogP contribution in [-0.2, 0) is 22.3 Å². The number of carbonyl (C=O) groups excluding carboxylic acids is 3. The number of nitrogens with zero attached hydrogens (tertiary/aromatic N) is 1. The number of amides is 3. The van der Waals surface area contributed by atoms with Gasteiger partial charge in [-0.3, -0.25) is 19.7 Å². The summed E-state index contributed by atoms with van der Waals surface area (Å²) in [5.41, 5.74) is -0.603. The molecule has 1 aromatic carbocycles. The molecule has 1 unspecified atom stereocenters. The van der Waals surface area contributed by atoms with Gasteiger partial charge in [0.1, 0.15) is 6.04 Å². The molecule has 6 nitrogen and oxygen atoms in total. The molecular weight excluding hydrogens is 401 g/mol. The van der Waals surface area contributed by atoms with E-state index in [1.54, 1.807) is 0 Å². The number of unbranched alkanes of at least 4 members (excludes halogenated alkanes) is 3. The van der Waals surface area contributed by atoms with Crippen LogP contribution in [0.2, 0.25) is 0 Å². The number of rotatable bonds is 5. The van der Waals surface area contributed by atoms with Gasteiger partial charge in [0.25, 0.3) is 5.91 Å². The Kier molecular flexibility index (Phi) is 6.46. The number of halogens is 3. The third-order valence-corrected chi connectivity index (χ3v) is 5.17. The van der Waals surface area contributed by atoms with E-state index in [9.17, 15) is 27.6 Å². The van der Waals surface area contributed by atoms with Crippen LogP contribution in [0.4, 0.5) is 13.2 Å². The maximum atomic E-state index is 13.3. The van der Waals surface area contributed by atoms with Gasteiger partial charge in [0.2, 0.25) is 11.8 Å². The predicted molar refractivity (Wildman–Crippen MR) is 99.9 cm³/mol. The first kappa shape index (κ1) is 21.8. The molecule has 9 heteroatoms. The Labute approximate surface area is 171 Å². The van der Waals surface area contributed by atoms with Gasteiger partial charge in [0.15, 0.2) is 0 Å². The monoisotopic (exact) mass is 422 g/mol. The van der Waals surface area contributed by atoms with Gasteiger partial charge in [0, 0.05) is 37.1 Å². The molecule has 3 rings (SSSR count). The fraction of sp³-hybridized carbons (Fsp3) is 0.476. The van der Waals surface area contributed by atoms with Crippen molar-refractivity contribution in [2.75, 3.05) is 6.61 Å². The Morgan fingerprint density at radius 2 is 1.93 bits per heavy atom. The number of nitrogens with one attached hydrogen (secondary N) is 1. The number of carbonyl (C=O) groups is 3. The number of imide groups is 1. The summed E-state index contributed by atoms with van der Waals surface area (Å²) < 4.78 is 40.0. The van der Waals surface area contributed by atoms with Gasteiger partial charge in [0.05, 0.1) is 5.56 Å². The van der Waals surface area contributed by atoms with Crippen molar-refractivity contribution in [3.8, 4) is 11.8 Å². The van der Waals surface area contributed by atoms with Gasteiger partial charge >= 0.3 is 6.18 Å². The molecule has 1 aromatic rings. The SMILES string of the molecule is O=C1CCC(N2Cc3c(C#CCCCCCO)cc(C(F)(F)F)cc3C2=O)C(=O)N1. The number of alkyl halides is 3. The van der Waals surface area contributed by atoms with E-state index >= 15 is 0 Å². The lowest BCUT2D eigenvalue weighted by atomic mass is 9.99. The zero-order valence-corrected chi connectivity index (χ0v) is 16.1. The minimum Gasteiger partial charge on any atom is -0.396 e. The molecule has 0 aliphatic carbocycles. The standard InChI is InChI=1S/C21H21F3N2O4/c22-21(23,24)14-10-13(6-4-2-1-3-5-9-27)16-12-26(20(30)15(16)11-14)17-7-8-18(28)25-19(17)29/h10-11,17,27H,1-3,5,7-9,12H2,(H,25,28,29). The smallest absolute Gasteiger partial charge is 0.396 e. The highest BCUT2D eigenvalue weighted by Crippen LogP contribution is 2.36. The van der Waals surface area contributed by atoms with Crippen LogP contribution in [-0.4, -0.2) is 40.4 Å². The molecule has 1 saturated heterocycles. The van der Waals surface area contributed by atoms with Crippen molar-refractivity contribution in [1.29, 1.82) is 0 Å². The number of aliphatic hydroxyl groups excluding tert-OH is 1. The molecule has 2 aliphatic rings. The van der Waals surface area contributed by atoms with Gasteiger partial charge in [-0.25, -0.2) is 0 Å². The fourth-order valence-electron chi connectivity index (χ4n) is 3.60. The molecule has 3 amide bonds. The van der Waals surface area contributed by atoms with Crippen molar-refractivity contribution < 1.29 is 32.7 Å². The molecule has 2 heterocycles. The van der Waals surface area contributed by atoms with E-state index < -0.39 is 35.5 Å². The lowest BCUT2D eigenvalue weighted by Crippen LogP contribution is -2.52. The van der Waals surface area contributed by atoms with Crippen molar-refractivity contribution >= 4 is 17.7 Å². The summed E-state index contributed by atoms with van der Waals surface area (Å²) in [5.74, 6) is 3.86. The summed E-state index contributed by atoms with van der Waals surface area (Å²) in [6.07, 6.45) is -1.91. The van der Waals surface area contributed by atoms with Gasteiger partial charge in [-0.05, 0) is 37.0 Å². The third kappa shape index (κ3) is 4.65. The minimum atomic E-state index is -4.64. The minimum absolute atomic E-state index is 0.0346. The molecule has 0 spiro atoms. The van der Waals surface area contributed by atoms with E-state index in [-0.39, 0.29) is 37.1 Å².